The Balaban J connectivity index is 0.00000113. The molecule has 90 heavy (non-hydrogen) atoms. The van der Waals surface area contributed by atoms with Crippen LogP contribution in [0.5, 0.6) is 57.5 Å². The average Bonchev–Trinajstić information content (AvgIpc) is 0.754. The van der Waals surface area contributed by atoms with Gasteiger partial charge in [-0.1, -0.05) is 37.1 Å². The first-order valence-electron chi connectivity index (χ1n) is 31.8. The number of esters is 2. The minimum atomic E-state index is -0.999. The van der Waals surface area contributed by atoms with Crippen molar-refractivity contribution >= 4 is 40.2 Å². The van der Waals surface area contributed by atoms with Gasteiger partial charge in [-0.05, 0) is 212 Å². The summed E-state index contributed by atoms with van der Waals surface area (Å²) in [6, 6.07) is 39.4. The number of carbonyl (C=O) groups excluding carboxylic acids is 2. The number of benzene rings is 6. The van der Waals surface area contributed by atoms with Crippen LogP contribution < -0.4 is 42.6 Å². The molecule has 12 rings (SSSR count). The summed E-state index contributed by atoms with van der Waals surface area (Å²) in [4.78, 5) is 40.9. The quantitative estimate of drug-likeness (QED) is 0.0809. The highest BCUT2D eigenvalue weighted by atomic mass is 16.5. The van der Waals surface area contributed by atoms with Crippen molar-refractivity contribution in [3.8, 4) is 57.5 Å². The van der Waals surface area contributed by atoms with Gasteiger partial charge in [-0.2, -0.15) is 0 Å². The molecule has 15 nitrogen and oxygen atoms in total. The Kier molecular flexibility index (Phi) is 18.0. The fourth-order valence-electron chi connectivity index (χ4n) is 12.2. The van der Waals surface area contributed by atoms with Crippen LogP contribution in [-0.4, -0.2) is 98.5 Å². The highest BCUT2D eigenvalue weighted by Crippen LogP contribution is 2.57. The number of carboxylic acid groups (broad SMARTS) is 1. The maximum Gasteiger partial charge on any atom is 0.316 e. The molecule has 0 aliphatic carbocycles. The molecular formula is C75H86N2O13. The van der Waals surface area contributed by atoms with Crippen molar-refractivity contribution in [2.24, 2.45) is 16.2 Å². The standard InChI is InChI=1S/C70H76N2O11.C5H10O2/c1-67(2,3)65(73)80-51-25-29-55-59(39-51)77-43-57-53-27-23-49(41-61(53)82-69(7,63(55)57)45-15-19-47(20-16-45)75-37-35-71-31-11-9-12-32-71)79-50-24-28-54-58-44-78-60-40-52(81-66(74)68(4,5)6)26-30-56(60)64(58)70(8,83-62(54)42-50)46-17-21-48(22-18-46)76-38-36-72-33-13-10-14-34-72;1-5(2,3)4(6)7/h15-30,39-42H,9-14,31-38,43-44H2,1-8H3;1-3H3,(H,6,7). The molecule has 0 amide bonds. The van der Waals surface area contributed by atoms with E-state index in [2.05, 4.69) is 47.9 Å². The zero-order chi connectivity index (χ0) is 63.8. The van der Waals surface area contributed by atoms with Gasteiger partial charge in [0.25, 0.3) is 0 Å². The lowest BCUT2D eigenvalue weighted by atomic mass is 9.76. The molecule has 6 aromatic carbocycles. The molecule has 2 saturated heterocycles. The number of hydrogen-bond acceptors (Lipinski definition) is 14. The Morgan fingerprint density at radius 2 is 0.778 bits per heavy atom. The van der Waals surface area contributed by atoms with Crippen LogP contribution in [0.15, 0.2) is 121 Å². The molecule has 0 radical (unpaired) electrons. The molecule has 0 bridgehead atoms. The van der Waals surface area contributed by atoms with Gasteiger partial charge in [0.1, 0.15) is 83.9 Å². The number of aliphatic carboxylic acids is 1. The van der Waals surface area contributed by atoms with E-state index in [1.54, 1.807) is 32.9 Å². The number of carboxylic acids is 1. The molecule has 1 N–H and O–H groups in total. The molecular weight excluding hydrogens is 1140 g/mol. The first-order valence-corrected chi connectivity index (χ1v) is 31.8. The Labute approximate surface area is 529 Å². The van der Waals surface area contributed by atoms with Gasteiger partial charge in [-0.25, -0.2) is 0 Å². The average molecular weight is 1220 g/mol. The fraction of sp³-hybridized carbons (Fsp3) is 0.427. The van der Waals surface area contributed by atoms with Gasteiger partial charge in [0.15, 0.2) is 11.2 Å². The van der Waals surface area contributed by atoms with E-state index in [4.69, 9.17) is 47.7 Å². The van der Waals surface area contributed by atoms with Crippen molar-refractivity contribution in [1.29, 1.82) is 0 Å². The number of nitrogens with zero attached hydrogens (tertiary/aromatic N) is 2. The topological polar surface area (TPSA) is 161 Å². The van der Waals surface area contributed by atoms with Crippen molar-refractivity contribution < 1.29 is 62.1 Å². The number of rotatable bonds is 14. The second-order valence-corrected chi connectivity index (χ2v) is 27.7. The molecule has 6 aromatic rings. The van der Waals surface area contributed by atoms with Gasteiger partial charge < -0.3 is 47.7 Å². The van der Waals surface area contributed by atoms with Crippen LogP contribution in [0.2, 0.25) is 0 Å². The summed E-state index contributed by atoms with van der Waals surface area (Å²) in [5, 5.41) is 8.25. The molecule has 6 aliphatic rings. The molecule has 0 saturated carbocycles. The molecule has 2 fully saturated rings. The fourth-order valence-corrected chi connectivity index (χ4v) is 12.2. The summed E-state index contributed by atoms with van der Waals surface area (Å²) in [5.41, 5.74) is 5.28. The Morgan fingerprint density at radius 3 is 1.13 bits per heavy atom. The molecule has 2 atom stereocenters. The SMILES string of the molecule is CC(C)(C)C(=O)O.CC(C)(C)C(=O)Oc1ccc2c(c1)OCC1=C2C(C)(c2ccc(OCCN3CCCCC3)cc2)Oc2cc(Oc3ccc4c(c3)OC(C)(c3ccc(OCCN5CCCCC5)cc3)C3=C4COc4cc(OC(=O)C(C)(C)C)ccc43)ccc21. The van der Waals surface area contributed by atoms with E-state index >= 15 is 0 Å². The van der Waals surface area contributed by atoms with E-state index in [9.17, 15) is 14.4 Å². The van der Waals surface area contributed by atoms with Crippen molar-refractivity contribution in [2.45, 2.75) is 126 Å². The summed E-state index contributed by atoms with van der Waals surface area (Å²) in [5.74, 6) is 4.64. The lowest BCUT2D eigenvalue weighted by molar-refractivity contribution is -0.146. The van der Waals surface area contributed by atoms with Crippen molar-refractivity contribution in [3.63, 3.8) is 0 Å². The Hall–Kier alpha value is -8.27. The molecule has 6 heterocycles. The second-order valence-electron chi connectivity index (χ2n) is 27.7. The van der Waals surface area contributed by atoms with E-state index < -0.39 is 33.4 Å². The molecule has 6 aliphatic heterocycles. The number of fused-ring (bicyclic) bond motifs is 8. The van der Waals surface area contributed by atoms with Crippen LogP contribution in [-0.2, 0) is 25.6 Å². The minimum absolute atomic E-state index is 0.260. The maximum absolute atomic E-state index is 13.0. The summed E-state index contributed by atoms with van der Waals surface area (Å²) < 4.78 is 58.8. The number of carbonyl (C=O) groups is 3. The first kappa shape index (κ1) is 63.3. The second kappa shape index (κ2) is 25.5. The van der Waals surface area contributed by atoms with Crippen LogP contribution in [0.25, 0.3) is 22.3 Å². The van der Waals surface area contributed by atoms with E-state index in [1.807, 2.05) is 126 Å². The van der Waals surface area contributed by atoms with Gasteiger partial charge >= 0.3 is 17.9 Å². The summed E-state index contributed by atoms with van der Waals surface area (Å²) in [6.07, 6.45) is 7.55. The van der Waals surface area contributed by atoms with Crippen molar-refractivity contribution in [3.05, 3.63) is 155 Å². The minimum Gasteiger partial charge on any atom is -0.492 e. The van der Waals surface area contributed by atoms with Gasteiger partial charge in [-0.3, -0.25) is 24.2 Å². The van der Waals surface area contributed by atoms with E-state index in [0.717, 1.165) is 106 Å². The van der Waals surface area contributed by atoms with Gasteiger partial charge in [0, 0.05) is 81.9 Å². The summed E-state index contributed by atoms with van der Waals surface area (Å²) >= 11 is 0. The number of likely N-dealkylation sites (tertiary alicyclic amines) is 2. The van der Waals surface area contributed by atoms with E-state index in [-0.39, 0.29) is 25.2 Å². The number of ether oxygens (including phenoxy) is 9. The van der Waals surface area contributed by atoms with E-state index in [0.29, 0.717) is 59.2 Å². The van der Waals surface area contributed by atoms with Gasteiger partial charge in [-0.15, -0.1) is 0 Å². The predicted octanol–water partition coefficient (Wildman–Crippen LogP) is 15.5. The molecule has 0 spiro atoms. The highest BCUT2D eigenvalue weighted by molar-refractivity contribution is 6.02. The maximum atomic E-state index is 13.0. The third-order valence-electron chi connectivity index (χ3n) is 17.5. The van der Waals surface area contributed by atoms with Crippen LogP contribution in [0.1, 0.15) is 148 Å². The van der Waals surface area contributed by atoms with Crippen LogP contribution in [0.3, 0.4) is 0 Å². The predicted molar refractivity (Wildman–Crippen MR) is 348 cm³/mol. The van der Waals surface area contributed by atoms with Crippen molar-refractivity contribution in [1.82, 2.24) is 9.80 Å². The lowest BCUT2D eigenvalue weighted by Crippen LogP contribution is -2.37. The highest BCUT2D eigenvalue weighted by Gasteiger charge is 2.46. The number of hydrogen-bond donors (Lipinski definition) is 1. The Bertz CT molecular complexity index is 3490. The molecule has 0 aromatic heterocycles. The van der Waals surface area contributed by atoms with Crippen LogP contribution >= 0.6 is 0 Å². The van der Waals surface area contributed by atoms with Gasteiger partial charge in [0.2, 0.25) is 0 Å². The lowest BCUT2D eigenvalue weighted by Gasteiger charge is -2.42. The third kappa shape index (κ3) is 13.7. The van der Waals surface area contributed by atoms with Crippen LogP contribution in [0, 0.1) is 16.2 Å². The smallest absolute Gasteiger partial charge is 0.316 e. The summed E-state index contributed by atoms with van der Waals surface area (Å²) in [7, 11) is 0. The number of piperidine rings is 2. The first-order chi connectivity index (χ1) is 42.8. The molecule has 2 unspecified atom stereocenters. The van der Waals surface area contributed by atoms with Crippen molar-refractivity contribution in [2.75, 3.05) is 65.7 Å². The largest absolute Gasteiger partial charge is 0.492 e. The monoisotopic (exact) mass is 1220 g/mol. The third-order valence-corrected chi connectivity index (χ3v) is 17.5. The Morgan fingerprint density at radius 1 is 0.444 bits per heavy atom. The van der Waals surface area contributed by atoms with E-state index in [1.165, 1.54) is 38.5 Å². The molecule has 15 heteroatoms. The molecule has 474 valence electrons. The zero-order valence-corrected chi connectivity index (χ0v) is 54.1. The summed E-state index contributed by atoms with van der Waals surface area (Å²) in [6.45, 7) is 28.2. The van der Waals surface area contributed by atoms with Gasteiger partial charge in [0.05, 0.1) is 16.2 Å². The normalized spacial score (nSPS) is 19.6. The van der Waals surface area contributed by atoms with Crippen LogP contribution in [0.4, 0.5) is 0 Å². The zero-order valence-electron chi connectivity index (χ0n) is 54.1.